The first kappa shape index (κ1) is 102. The van der Waals surface area contributed by atoms with E-state index >= 15 is 0 Å². The van der Waals surface area contributed by atoms with E-state index in [0.29, 0.717) is 68.7 Å². The van der Waals surface area contributed by atoms with Crippen molar-refractivity contribution in [1.29, 1.82) is 0 Å². The predicted octanol–water partition coefficient (Wildman–Crippen LogP) is 31.9. The van der Waals surface area contributed by atoms with Crippen LogP contribution in [0.4, 0.5) is 0 Å². The second-order valence-corrected chi connectivity index (χ2v) is 36.7. The summed E-state index contributed by atoms with van der Waals surface area (Å²) in [6, 6.07) is 77.7. The van der Waals surface area contributed by atoms with Crippen molar-refractivity contribution in [3.05, 3.63) is 258 Å². The molecule has 2 saturated carbocycles. The largest absolute Gasteiger partial charge is 0.491 e. The highest BCUT2D eigenvalue weighted by Gasteiger charge is 2.29. The average Bonchev–Trinajstić information content (AvgIpc) is 0.794. The maximum absolute atomic E-state index is 6.35. The van der Waals surface area contributed by atoms with Crippen LogP contribution in [0.1, 0.15) is 330 Å². The van der Waals surface area contributed by atoms with Gasteiger partial charge in [0, 0.05) is 29.6 Å². The normalized spacial score (nSPS) is 15.4. The molecule has 9 atom stereocenters. The zero-order valence-corrected chi connectivity index (χ0v) is 79.8. The van der Waals surface area contributed by atoms with Crippen LogP contribution in [0.5, 0.6) is 40.2 Å². The molecular weight excluding hydrogens is 1520 g/mol. The van der Waals surface area contributed by atoms with Crippen LogP contribution in [0, 0.1) is 10.8 Å². The maximum Gasteiger partial charge on any atom is 0.204 e. The van der Waals surface area contributed by atoms with Gasteiger partial charge in [-0.05, 0) is 257 Å². The van der Waals surface area contributed by atoms with Gasteiger partial charge in [-0.15, -0.1) is 0 Å². The molecule has 11 heteroatoms. The van der Waals surface area contributed by atoms with Gasteiger partial charge in [0.05, 0.1) is 19.3 Å². The maximum atomic E-state index is 6.35. The van der Waals surface area contributed by atoms with Crippen LogP contribution in [0.2, 0.25) is 0 Å². The first-order valence-electron chi connectivity index (χ1n) is 47.0. The summed E-state index contributed by atoms with van der Waals surface area (Å²) >= 11 is 0. The molecule has 0 aromatic heterocycles. The number of rotatable bonds is 39. The Kier molecular flexibility index (Phi) is 44.3. The molecule has 2 aliphatic carbocycles. The molecule has 9 aromatic rings. The van der Waals surface area contributed by atoms with E-state index in [1.807, 2.05) is 93.6 Å². The Labute approximate surface area is 745 Å². The second-order valence-electron chi connectivity index (χ2n) is 36.7. The van der Waals surface area contributed by atoms with Crippen molar-refractivity contribution in [3.8, 4) is 62.5 Å². The molecule has 0 heterocycles. The zero-order valence-electron chi connectivity index (χ0n) is 79.8. The SMILES string of the molecule is CCC(C)c1ccc(OC(C)(C)CC)cc1.CCC(C)c1ccc(OC(C)OCCOc2c(-c3ccccc3)cccc2-c2ccccc2)cc1.CCC(C)c1ccc(OC(C)OCCOc2ccc(C3CCCCC3)cc2)cc1.CCC(C)c1ccc(OC(CC(C)(C)C)OC2CCCCC2)cc1.CCOC(Oc1ccc(C(C)CC)cc1)C(C)(C)C. The number of benzene rings is 9. The lowest BCUT2D eigenvalue weighted by Crippen LogP contribution is -2.34. The van der Waals surface area contributed by atoms with Crippen LogP contribution in [-0.2, 0) is 18.9 Å². The van der Waals surface area contributed by atoms with Gasteiger partial charge in [0.15, 0.2) is 12.6 Å². The summed E-state index contributed by atoms with van der Waals surface area (Å²) < 4.78 is 65.8. The standard InChI is InChI=1S/C32H34O3.C26H36O3.C22H36O2.C17H28O2.C15H24O/c1-4-24(2)26-18-20-29(21-19-26)35-25(3)33-22-23-34-32-30(27-12-7-5-8-13-27)16-11-17-31(32)28-14-9-6-10-15-28;1-4-20(2)22-10-16-26(17-11-22)29-21(3)27-18-19-28-25-14-12-24(13-15-25)23-8-6-5-7-9-23;1-6-17(2)18-12-14-20(15-13-18)24-21(16-22(3,4)5)23-19-10-8-7-9-11-19;1-7-13(3)14-9-11-15(12-10-14)19-16(18-8-2)17(4,5)6;1-6-12(3)13-8-10-14(11-9-13)16-15(4,5)7-2/h5-21,24-25H,4,22-23H2,1-3H3;10-17,20-21,23H,4-9,18-19H2,1-3H3;12-15,17,19,21H,6-11,16H2,1-5H3;9-13,16H,7-8H2,1-6H3;8-12H,6-7H2,1-5H3. The number of ether oxygens (including phenoxy) is 11. The van der Waals surface area contributed by atoms with E-state index in [1.54, 1.807) is 0 Å². The quantitative estimate of drug-likeness (QED) is 0.0272. The molecule has 0 N–H and O–H groups in total. The summed E-state index contributed by atoms with van der Waals surface area (Å²) in [5.41, 5.74) is 12.7. The molecule has 123 heavy (non-hydrogen) atoms. The van der Waals surface area contributed by atoms with E-state index in [9.17, 15) is 0 Å². The highest BCUT2D eigenvalue weighted by molar-refractivity contribution is 5.82. The van der Waals surface area contributed by atoms with Gasteiger partial charge in [-0.25, -0.2) is 0 Å². The fourth-order valence-corrected chi connectivity index (χ4v) is 14.7. The van der Waals surface area contributed by atoms with Gasteiger partial charge in [0.1, 0.15) is 59.1 Å². The highest BCUT2D eigenvalue weighted by Crippen LogP contribution is 2.41. The number of para-hydroxylation sites is 1. The van der Waals surface area contributed by atoms with E-state index in [4.69, 9.17) is 52.1 Å². The molecule has 2 fully saturated rings. The Bertz CT molecular complexity index is 4180. The molecule has 11 nitrogen and oxygen atoms in total. The van der Waals surface area contributed by atoms with Gasteiger partial charge in [-0.2, -0.15) is 0 Å². The van der Waals surface area contributed by atoms with Crippen molar-refractivity contribution in [3.63, 3.8) is 0 Å². The first-order valence-corrected chi connectivity index (χ1v) is 47.0. The monoisotopic (exact) mass is 1680 g/mol. The van der Waals surface area contributed by atoms with Crippen molar-refractivity contribution in [2.24, 2.45) is 10.8 Å². The zero-order chi connectivity index (χ0) is 89.2. The smallest absolute Gasteiger partial charge is 0.204 e. The molecule has 0 bridgehead atoms. The van der Waals surface area contributed by atoms with E-state index < -0.39 is 0 Å². The van der Waals surface area contributed by atoms with Crippen LogP contribution < -0.4 is 33.2 Å². The minimum atomic E-state index is -0.369. The molecule has 0 radical (unpaired) electrons. The molecule has 11 rings (SSSR count). The van der Waals surface area contributed by atoms with Gasteiger partial charge >= 0.3 is 0 Å². The highest BCUT2D eigenvalue weighted by atomic mass is 16.7. The molecule has 9 unspecified atom stereocenters. The first-order chi connectivity index (χ1) is 59.0. The molecule has 2 aliphatic rings. The lowest BCUT2D eigenvalue weighted by molar-refractivity contribution is -0.142. The van der Waals surface area contributed by atoms with Crippen LogP contribution in [0.3, 0.4) is 0 Å². The fraction of sp³-hybridized carbons (Fsp3) is 0.518. The summed E-state index contributed by atoms with van der Waals surface area (Å²) in [5, 5.41) is 0. The van der Waals surface area contributed by atoms with Gasteiger partial charge in [-0.3, -0.25) is 0 Å². The van der Waals surface area contributed by atoms with Crippen molar-refractivity contribution in [1.82, 2.24) is 0 Å². The second kappa shape index (κ2) is 53.7. The van der Waals surface area contributed by atoms with Crippen LogP contribution in [0.25, 0.3) is 22.3 Å². The Morgan fingerprint density at radius 2 is 0.691 bits per heavy atom. The molecule has 0 amide bonds. The average molecular weight is 1680 g/mol. The van der Waals surface area contributed by atoms with Gasteiger partial charge in [-0.1, -0.05) is 308 Å². The third kappa shape index (κ3) is 36.9. The van der Waals surface area contributed by atoms with Crippen LogP contribution in [0.15, 0.2) is 224 Å². The minimum absolute atomic E-state index is 0.0363. The van der Waals surface area contributed by atoms with Gasteiger partial charge in [0.25, 0.3) is 0 Å². The fourth-order valence-electron chi connectivity index (χ4n) is 14.7. The Balaban J connectivity index is 0.000000217. The molecule has 9 aromatic carbocycles. The lowest BCUT2D eigenvalue weighted by Gasteiger charge is -2.31. The Morgan fingerprint density at radius 3 is 1.06 bits per heavy atom. The lowest BCUT2D eigenvalue weighted by atomic mass is 9.84. The summed E-state index contributed by atoms with van der Waals surface area (Å²) in [7, 11) is 0. The van der Waals surface area contributed by atoms with Crippen molar-refractivity contribution >= 4 is 0 Å². The summed E-state index contributed by atoms with van der Waals surface area (Å²) in [6.45, 7) is 50.2. The number of hydrogen-bond donors (Lipinski definition) is 0. The van der Waals surface area contributed by atoms with E-state index in [-0.39, 0.29) is 41.6 Å². The minimum Gasteiger partial charge on any atom is -0.491 e. The van der Waals surface area contributed by atoms with Crippen molar-refractivity contribution in [2.75, 3.05) is 33.0 Å². The van der Waals surface area contributed by atoms with Crippen LogP contribution >= 0.6 is 0 Å². The number of hydrogen-bond acceptors (Lipinski definition) is 11. The van der Waals surface area contributed by atoms with E-state index in [2.05, 4.69) is 283 Å². The summed E-state index contributed by atoms with van der Waals surface area (Å²) in [5.74, 6) is 9.88. The topological polar surface area (TPSA) is 102 Å². The third-order valence-electron chi connectivity index (χ3n) is 23.9. The molecule has 0 spiro atoms. The third-order valence-corrected chi connectivity index (χ3v) is 23.9. The van der Waals surface area contributed by atoms with Crippen molar-refractivity contribution in [2.45, 2.75) is 334 Å². The van der Waals surface area contributed by atoms with E-state index in [1.165, 1.54) is 104 Å². The Morgan fingerprint density at radius 1 is 0.333 bits per heavy atom. The van der Waals surface area contributed by atoms with Gasteiger partial charge < -0.3 is 52.1 Å². The van der Waals surface area contributed by atoms with Gasteiger partial charge in [0.2, 0.25) is 12.6 Å². The molecule has 672 valence electrons. The summed E-state index contributed by atoms with van der Waals surface area (Å²) in [6.07, 6.45) is 20.1. The predicted molar refractivity (Wildman–Crippen MR) is 515 cm³/mol. The summed E-state index contributed by atoms with van der Waals surface area (Å²) in [4.78, 5) is 0. The van der Waals surface area contributed by atoms with E-state index in [0.717, 1.165) is 107 Å². The Hall–Kier alpha value is -8.58. The molecule has 0 saturated heterocycles. The van der Waals surface area contributed by atoms with Crippen LogP contribution in [-0.4, -0.2) is 69.9 Å². The molecular formula is C112H158O11. The van der Waals surface area contributed by atoms with Crippen molar-refractivity contribution < 1.29 is 52.1 Å². The molecule has 0 aliphatic heterocycles.